The van der Waals surface area contributed by atoms with Crippen LogP contribution < -0.4 is 9.47 Å². The normalized spacial score (nSPS) is 12.6. The van der Waals surface area contributed by atoms with E-state index in [-0.39, 0.29) is 23.7 Å². The average Bonchev–Trinajstić information content (AvgIpc) is 3.80. The highest BCUT2D eigenvalue weighted by molar-refractivity contribution is 6.10. The van der Waals surface area contributed by atoms with E-state index in [1.165, 1.54) is 0 Å². The molecule has 0 fully saturated rings. The molecule has 0 saturated heterocycles. The molecule has 0 unspecified atom stereocenters. The molecule has 0 aliphatic rings. The zero-order valence-electron chi connectivity index (χ0n) is 35.3. The highest BCUT2D eigenvalue weighted by Crippen LogP contribution is 2.45. The topological polar surface area (TPSA) is 68.8 Å². The Morgan fingerprint density at radius 3 is 1.06 bits per heavy atom. The highest BCUT2D eigenvalue weighted by Gasteiger charge is 2.23. The largest absolute Gasteiger partial charge is 0.505 e. The summed E-state index contributed by atoms with van der Waals surface area (Å²) in [6.45, 7) is 8.30. The monoisotopic (exact) mass is 812 g/mol. The number of hydrogen-bond donors (Lipinski definition) is 2. The molecule has 306 valence electrons. The van der Waals surface area contributed by atoms with Gasteiger partial charge in [-0.05, 0) is 112 Å². The van der Waals surface area contributed by atoms with Crippen LogP contribution in [0.4, 0.5) is 0 Å². The molecule has 0 amide bonds. The van der Waals surface area contributed by atoms with E-state index in [9.17, 15) is 10.2 Å². The number of rotatable bonds is 11. The van der Waals surface area contributed by atoms with E-state index < -0.39 is 0 Å². The van der Waals surface area contributed by atoms with Crippen molar-refractivity contribution in [1.29, 1.82) is 0 Å². The second-order valence-corrected chi connectivity index (χ2v) is 16.5. The Morgan fingerprint density at radius 2 is 0.710 bits per heavy atom. The first kappa shape index (κ1) is 38.7. The molecule has 10 rings (SSSR count). The zero-order chi connectivity index (χ0) is 42.5. The van der Waals surface area contributed by atoms with Crippen molar-refractivity contribution in [2.75, 3.05) is 0 Å². The van der Waals surface area contributed by atoms with E-state index >= 15 is 0 Å². The second-order valence-electron chi connectivity index (χ2n) is 16.5. The van der Waals surface area contributed by atoms with Crippen molar-refractivity contribution in [3.05, 3.63) is 181 Å². The van der Waals surface area contributed by atoms with Gasteiger partial charge in [-0.2, -0.15) is 0 Å². The SMILES string of the molecule is Cc1cc(-c2ccccc2O[C@H](C)CC[C@@H](C)Oc2ccccc2-c2cc(C)cc(-n3c4ccccc4c4ccccc43)c2O)c(O)c(-n2c3ccccc3c3ccccc32)c1. The number of phenolic OH excluding ortho intramolecular Hbond substituents is 2. The predicted molar refractivity (Wildman–Crippen MR) is 255 cm³/mol. The fraction of sp³-hybridized carbons (Fsp3) is 0.143. The molecule has 2 atom stereocenters. The molecule has 2 heterocycles. The Labute approximate surface area is 361 Å². The zero-order valence-corrected chi connectivity index (χ0v) is 35.3. The van der Waals surface area contributed by atoms with E-state index in [2.05, 4.69) is 110 Å². The van der Waals surface area contributed by atoms with Gasteiger partial charge in [-0.1, -0.05) is 109 Å². The lowest BCUT2D eigenvalue weighted by Crippen LogP contribution is -2.18. The minimum atomic E-state index is -0.143. The van der Waals surface area contributed by atoms with E-state index in [0.29, 0.717) is 11.5 Å². The summed E-state index contributed by atoms with van der Waals surface area (Å²) in [6, 6.07) is 57.4. The van der Waals surface area contributed by atoms with Gasteiger partial charge in [-0.15, -0.1) is 0 Å². The fourth-order valence-corrected chi connectivity index (χ4v) is 9.24. The van der Waals surface area contributed by atoms with Gasteiger partial charge in [0, 0.05) is 43.8 Å². The molecule has 6 heteroatoms. The molecule has 2 N–H and O–H groups in total. The molecular formula is C56H48N2O4. The molecule has 0 aliphatic carbocycles. The number of aromatic hydroxyl groups is 2. The number of aryl methyl sites for hydroxylation is 2. The Bertz CT molecular complexity index is 2970. The van der Waals surface area contributed by atoms with Crippen LogP contribution in [0, 0.1) is 13.8 Å². The van der Waals surface area contributed by atoms with Crippen LogP contribution in [0.5, 0.6) is 23.0 Å². The van der Waals surface area contributed by atoms with Gasteiger partial charge in [0.05, 0.1) is 45.6 Å². The number of ether oxygens (including phenoxy) is 2. The Morgan fingerprint density at radius 1 is 0.403 bits per heavy atom. The van der Waals surface area contributed by atoms with Gasteiger partial charge >= 0.3 is 0 Å². The number of phenols is 2. The number of aromatic nitrogens is 2. The van der Waals surface area contributed by atoms with E-state index in [0.717, 1.165) is 101 Å². The average molecular weight is 813 g/mol. The molecular weight excluding hydrogens is 765 g/mol. The van der Waals surface area contributed by atoms with Crippen molar-refractivity contribution in [3.8, 4) is 56.6 Å². The first-order valence-corrected chi connectivity index (χ1v) is 21.4. The summed E-state index contributed by atoms with van der Waals surface area (Å²) < 4.78 is 17.7. The molecule has 0 aliphatic heterocycles. The summed E-state index contributed by atoms with van der Waals surface area (Å²) in [7, 11) is 0. The molecule has 0 spiro atoms. The van der Waals surface area contributed by atoms with Crippen LogP contribution in [0.2, 0.25) is 0 Å². The Hall–Kier alpha value is -7.44. The molecule has 62 heavy (non-hydrogen) atoms. The number of para-hydroxylation sites is 6. The number of fused-ring (bicyclic) bond motifs is 6. The molecule has 0 radical (unpaired) electrons. The number of hydrogen-bond acceptors (Lipinski definition) is 4. The Kier molecular flexibility index (Phi) is 9.92. The summed E-state index contributed by atoms with van der Waals surface area (Å²) in [5.74, 6) is 1.82. The minimum absolute atomic E-state index is 0.143. The van der Waals surface area contributed by atoms with Crippen LogP contribution >= 0.6 is 0 Å². The molecule has 6 nitrogen and oxygen atoms in total. The second kappa shape index (κ2) is 15.9. The lowest BCUT2D eigenvalue weighted by molar-refractivity contribution is 0.161. The lowest BCUT2D eigenvalue weighted by atomic mass is 9.99. The lowest BCUT2D eigenvalue weighted by Gasteiger charge is -2.22. The third-order valence-electron chi connectivity index (χ3n) is 12.1. The van der Waals surface area contributed by atoms with Gasteiger partial charge in [0.25, 0.3) is 0 Å². The van der Waals surface area contributed by atoms with E-state index in [4.69, 9.17) is 9.47 Å². The molecule has 2 aromatic heterocycles. The summed E-state index contributed by atoms with van der Waals surface area (Å²) in [4.78, 5) is 0. The van der Waals surface area contributed by atoms with Gasteiger partial charge in [0.2, 0.25) is 0 Å². The standard InChI is InChI=1S/C56H48N2O4/c1-35-31-45(55(59)51(33-35)57-47-23-11-5-17-39(47)40-18-6-12-24-48(40)57)43-21-9-15-27-53(43)61-37(3)29-30-38(4)62-54-28-16-10-22-44(54)46-32-36(2)34-52(56(46)60)58-49-25-13-7-19-41(49)42-20-8-14-26-50(42)58/h5-28,31-34,37-38,59-60H,29-30H2,1-4H3/t37-,38-/m1/s1. The predicted octanol–water partition coefficient (Wildman–Crippen LogP) is 14.3. The third kappa shape index (κ3) is 6.78. The van der Waals surface area contributed by atoms with Gasteiger partial charge in [0.1, 0.15) is 23.0 Å². The maximum atomic E-state index is 12.1. The molecule has 0 saturated carbocycles. The molecule has 10 aromatic rings. The van der Waals surface area contributed by atoms with Crippen molar-refractivity contribution < 1.29 is 19.7 Å². The van der Waals surface area contributed by atoms with Crippen LogP contribution in [0.1, 0.15) is 37.8 Å². The van der Waals surface area contributed by atoms with Crippen molar-refractivity contribution in [2.24, 2.45) is 0 Å². The van der Waals surface area contributed by atoms with Crippen LogP contribution in [-0.2, 0) is 0 Å². The van der Waals surface area contributed by atoms with E-state index in [1.807, 2.05) is 97.1 Å². The Balaban J connectivity index is 0.896. The number of benzene rings is 8. The van der Waals surface area contributed by atoms with Crippen LogP contribution in [0.15, 0.2) is 170 Å². The quantitative estimate of drug-likeness (QED) is 0.136. The van der Waals surface area contributed by atoms with Crippen molar-refractivity contribution in [1.82, 2.24) is 9.13 Å². The van der Waals surface area contributed by atoms with Gasteiger partial charge < -0.3 is 28.8 Å². The smallest absolute Gasteiger partial charge is 0.147 e. The molecule has 8 aromatic carbocycles. The maximum absolute atomic E-state index is 12.1. The van der Waals surface area contributed by atoms with Gasteiger partial charge in [0.15, 0.2) is 0 Å². The third-order valence-corrected chi connectivity index (χ3v) is 12.1. The first-order chi connectivity index (χ1) is 30.2. The van der Waals surface area contributed by atoms with Crippen LogP contribution in [-0.4, -0.2) is 31.6 Å². The van der Waals surface area contributed by atoms with Crippen LogP contribution in [0.3, 0.4) is 0 Å². The van der Waals surface area contributed by atoms with Gasteiger partial charge in [-0.25, -0.2) is 0 Å². The maximum Gasteiger partial charge on any atom is 0.147 e. The summed E-state index contributed by atoms with van der Waals surface area (Å²) in [5, 5.41) is 28.8. The summed E-state index contributed by atoms with van der Waals surface area (Å²) >= 11 is 0. The van der Waals surface area contributed by atoms with Gasteiger partial charge in [-0.3, -0.25) is 0 Å². The fourth-order valence-electron chi connectivity index (χ4n) is 9.24. The summed E-state index contributed by atoms with van der Waals surface area (Å²) in [5.41, 5.74) is 10.8. The van der Waals surface area contributed by atoms with Crippen LogP contribution in [0.25, 0.3) is 77.2 Å². The van der Waals surface area contributed by atoms with E-state index in [1.54, 1.807) is 0 Å². The highest BCUT2D eigenvalue weighted by atomic mass is 16.5. The van der Waals surface area contributed by atoms with Crippen molar-refractivity contribution in [3.63, 3.8) is 0 Å². The minimum Gasteiger partial charge on any atom is -0.505 e. The summed E-state index contributed by atoms with van der Waals surface area (Å²) in [6.07, 6.45) is 1.18. The van der Waals surface area contributed by atoms with Crippen molar-refractivity contribution in [2.45, 2.75) is 52.7 Å². The first-order valence-electron chi connectivity index (χ1n) is 21.4. The molecule has 0 bridgehead atoms. The number of nitrogens with zero attached hydrogens (tertiary/aromatic N) is 2. The van der Waals surface area contributed by atoms with Crippen molar-refractivity contribution >= 4 is 43.6 Å².